The Kier molecular flexibility index (Phi) is 11.2. The molecule has 0 unspecified atom stereocenters. The van der Waals surface area contributed by atoms with Crippen LogP contribution in [0.1, 0.15) is 6.42 Å². The first-order valence-corrected chi connectivity index (χ1v) is 16.5. The summed E-state index contributed by atoms with van der Waals surface area (Å²) in [6.07, 6.45) is 1.10. The first kappa shape index (κ1) is 15.5. The van der Waals surface area contributed by atoms with Crippen LogP contribution in [0, 0.1) is 0 Å². The number of hydrogen-bond donors (Lipinski definition) is 3. The van der Waals surface area contributed by atoms with Crippen LogP contribution in [0.15, 0.2) is 0 Å². The van der Waals surface area contributed by atoms with Gasteiger partial charge in [-0.3, -0.25) is 0 Å². The van der Waals surface area contributed by atoms with E-state index in [2.05, 4.69) is 40.9 Å². The molecular weight excluding hydrogens is 319 g/mol. The molecule has 1 aliphatic heterocycles. The molecule has 95 valence electrons. The average Bonchev–Trinajstić information content (AvgIpc) is 2.25. The molecule has 7 heteroatoms. The van der Waals surface area contributed by atoms with Crippen LogP contribution in [-0.2, 0) is 0 Å². The van der Waals surface area contributed by atoms with E-state index in [1.807, 2.05) is 0 Å². The van der Waals surface area contributed by atoms with Gasteiger partial charge >= 0.3 is 114 Å². The van der Waals surface area contributed by atoms with Gasteiger partial charge in [-0.25, -0.2) is 0 Å². The van der Waals surface area contributed by atoms with E-state index in [9.17, 15) is 0 Å². The Morgan fingerprint density at radius 3 is 2.69 bits per heavy atom. The second kappa shape index (κ2) is 11.6. The zero-order valence-electron chi connectivity index (χ0n) is 9.67. The Hall–Kier alpha value is 1.47. The third-order valence-electron chi connectivity index (χ3n) is 2.05. The number of hydrogen-bond acceptors (Lipinski definition) is 6. The van der Waals surface area contributed by atoms with Gasteiger partial charge in [0.05, 0.1) is 0 Å². The molecule has 0 aliphatic carbocycles. The van der Waals surface area contributed by atoms with Crippen molar-refractivity contribution in [3.8, 4) is 0 Å². The number of nitrogens with two attached hydrogens (primary N) is 1. The molecule has 0 amide bonds. The van der Waals surface area contributed by atoms with Crippen LogP contribution in [0.25, 0.3) is 0 Å². The summed E-state index contributed by atoms with van der Waals surface area (Å²) >= 11 is 0. The van der Waals surface area contributed by atoms with Crippen molar-refractivity contribution in [1.82, 2.24) is 10.6 Å². The summed E-state index contributed by atoms with van der Waals surface area (Å²) in [5.74, 6) is 3.92. The van der Waals surface area contributed by atoms with E-state index in [0.29, 0.717) is 0 Å². The molecule has 1 fully saturated rings. The second-order valence-corrected chi connectivity index (χ2v) is 22.4. The Labute approximate surface area is 113 Å². The van der Waals surface area contributed by atoms with Gasteiger partial charge in [0.2, 0.25) is 0 Å². The molecule has 1 aliphatic rings. The van der Waals surface area contributed by atoms with Crippen molar-refractivity contribution in [3.05, 3.63) is 0 Å². The summed E-state index contributed by atoms with van der Waals surface area (Å²) in [5.41, 5.74) is 5.44. The molecule has 0 aromatic heterocycles. The summed E-state index contributed by atoms with van der Waals surface area (Å²) in [4.78, 5) is 0. The van der Waals surface area contributed by atoms with Crippen LogP contribution in [0.5, 0.6) is 0 Å². The van der Waals surface area contributed by atoms with Gasteiger partial charge in [0.1, 0.15) is 0 Å². The molecule has 1 saturated heterocycles. The van der Waals surface area contributed by atoms with Crippen molar-refractivity contribution < 1.29 is 0 Å². The van der Waals surface area contributed by atoms with E-state index in [4.69, 9.17) is 5.73 Å². The van der Waals surface area contributed by atoms with Crippen molar-refractivity contribution in [2.75, 3.05) is 50.0 Å². The Morgan fingerprint density at radius 1 is 1.25 bits per heavy atom. The monoisotopic (exact) mass is 342 g/mol. The van der Waals surface area contributed by atoms with E-state index in [1.165, 1.54) is 30.3 Å². The summed E-state index contributed by atoms with van der Waals surface area (Å²) in [7, 11) is 5.86. The van der Waals surface area contributed by atoms with E-state index in [1.54, 1.807) is 0 Å². The third kappa shape index (κ3) is 8.55. The molecule has 4 N–H and O–H groups in total. The topological polar surface area (TPSA) is 50.1 Å². The maximum atomic E-state index is 5.44. The van der Waals surface area contributed by atoms with Gasteiger partial charge in [-0.05, 0) is 0 Å². The van der Waals surface area contributed by atoms with E-state index in [-0.39, 0.29) is 0 Å². The molecule has 1 heterocycles. The molecule has 1 rings (SSSR count). The van der Waals surface area contributed by atoms with Crippen LogP contribution in [-0.4, -0.2) is 60.9 Å². The molecular formula is C9H22GeN3S3. The normalized spacial score (nSPS) is 19.3. The van der Waals surface area contributed by atoms with Gasteiger partial charge < -0.3 is 0 Å². The van der Waals surface area contributed by atoms with Crippen LogP contribution in [0.4, 0.5) is 0 Å². The summed E-state index contributed by atoms with van der Waals surface area (Å²) in [5, 5.41) is 6.90. The van der Waals surface area contributed by atoms with E-state index < -0.39 is 10.9 Å². The van der Waals surface area contributed by atoms with Gasteiger partial charge in [-0.2, -0.15) is 0 Å². The quantitative estimate of drug-likeness (QED) is 0.469. The maximum absolute atomic E-state index is 5.44. The van der Waals surface area contributed by atoms with Crippen LogP contribution < -0.4 is 16.4 Å². The molecule has 0 bridgehead atoms. The SMILES string of the molecule is NCCCNCC[S][Ge]1[S]CCNCC[S]1. The van der Waals surface area contributed by atoms with Gasteiger partial charge in [-0.1, -0.05) is 0 Å². The molecule has 16 heavy (non-hydrogen) atoms. The fourth-order valence-electron chi connectivity index (χ4n) is 1.22. The first-order chi connectivity index (χ1) is 7.93. The zero-order chi connectivity index (χ0) is 11.5. The Bertz CT molecular complexity index is 157. The average molecular weight is 341 g/mol. The molecule has 1 radical (unpaired) electrons. The van der Waals surface area contributed by atoms with Crippen molar-refractivity contribution in [1.29, 1.82) is 0 Å². The Balaban J connectivity index is 1.93. The predicted molar refractivity (Wildman–Crippen MR) is 82.5 cm³/mol. The van der Waals surface area contributed by atoms with Gasteiger partial charge in [0, 0.05) is 0 Å². The standard InChI is InChI=1S/C9H22GeN3S3/c11-2-1-3-12-4-7-14-10-15-8-5-13-6-9-16-10/h12-13H,1-9,11H2. The van der Waals surface area contributed by atoms with Gasteiger partial charge in [0.25, 0.3) is 0 Å². The fraction of sp³-hybridized carbons (Fsp3) is 1.00. The molecule has 0 aromatic rings. The summed E-state index contributed by atoms with van der Waals surface area (Å²) < 4.78 is 0. The van der Waals surface area contributed by atoms with Crippen molar-refractivity contribution >= 4 is 41.2 Å². The predicted octanol–water partition coefficient (Wildman–Crippen LogP) is 0.712. The van der Waals surface area contributed by atoms with Crippen LogP contribution >= 0.6 is 30.3 Å². The molecule has 0 aromatic carbocycles. The zero-order valence-corrected chi connectivity index (χ0v) is 14.2. The minimum atomic E-state index is -0.883. The van der Waals surface area contributed by atoms with E-state index >= 15 is 0 Å². The van der Waals surface area contributed by atoms with Crippen LogP contribution in [0.2, 0.25) is 0 Å². The van der Waals surface area contributed by atoms with Gasteiger partial charge in [-0.15, -0.1) is 0 Å². The molecule has 3 nitrogen and oxygen atoms in total. The second-order valence-electron chi connectivity index (χ2n) is 3.44. The molecule has 0 saturated carbocycles. The molecule has 0 atom stereocenters. The number of rotatable bonds is 7. The number of nitrogens with one attached hydrogen (secondary N) is 2. The minimum absolute atomic E-state index is 0.804. The molecule has 0 spiro atoms. The summed E-state index contributed by atoms with van der Waals surface area (Å²) in [6, 6.07) is 0. The fourth-order valence-corrected chi connectivity index (χ4v) is 21.1. The van der Waals surface area contributed by atoms with Crippen molar-refractivity contribution in [2.24, 2.45) is 5.73 Å². The van der Waals surface area contributed by atoms with Gasteiger partial charge in [0.15, 0.2) is 0 Å². The van der Waals surface area contributed by atoms with Crippen LogP contribution in [0.3, 0.4) is 0 Å². The third-order valence-corrected chi connectivity index (χ3v) is 23.3. The van der Waals surface area contributed by atoms with E-state index in [0.717, 1.165) is 26.1 Å². The first-order valence-electron chi connectivity index (χ1n) is 5.80. The summed E-state index contributed by atoms with van der Waals surface area (Å²) in [6.45, 7) is 5.45. The van der Waals surface area contributed by atoms with Crippen molar-refractivity contribution in [3.63, 3.8) is 0 Å². The Morgan fingerprint density at radius 2 is 2.00 bits per heavy atom. The van der Waals surface area contributed by atoms with Crippen molar-refractivity contribution in [2.45, 2.75) is 6.42 Å².